The van der Waals surface area contributed by atoms with Gasteiger partial charge in [0.15, 0.2) is 0 Å². The highest BCUT2D eigenvalue weighted by molar-refractivity contribution is 6.39. The second-order valence-electron chi connectivity index (χ2n) is 18.2. The molecule has 0 aromatic carbocycles. The van der Waals surface area contributed by atoms with Gasteiger partial charge in [-0.25, -0.2) is 4.79 Å². The molecule has 4 aliphatic rings. The van der Waals surface area contributed by atoms with Gasteiger partial charge in [0.1, 0.15) is 18.2 Å². The van der Waals surface area contributed by atoms with Gasteiger partial charge in [0.2, 0.25) is 5.79 Å². The predicted octanol–water partition coefficient (Wildman–Crippen LogP) is 5.32. The van der Waals surface area contributed by atoms with Crippen LogP contribution in [0.1, 0.15) is 119 Å². The van der Waals surface area contributed by atoms with E-state index in [0.29, 0.717) is 70.2 Å². The van der Waals surface area contributed by atoms with Crippen molar-refractivity contribution in [1.82, 2.24) is 4.90 Å². The number of hydrogen-bond acceptors (Lipinski definition) is 12. The van der Waals surface area contributed by atoms with Gasteiger partial charge >= 0.3 is 5.97 Å². The molecule has 4 rings (SSSR count). The number of hydrogen-bond donors (Lipinski definition) is 3. The van der Waals surface area contributed by atoms with E-state index < -0.39 is 83.9 Å². The van der Waals surface area contributed by atoms with E-state index in [0.717, 1.165) is 12.0 Å². The van der Waals surface area contributed by atoms with Crippen LogP contribution in [0.3, 0.4) is 0 Å². The summed E-state index contributed by atoms with van der Waals surface area (Å²) in [6.45, 7) is 12.4. The van der Waals surface area contributed by atoms with E-state index in [-0.39, 0.29) is 49.5 Å². The van der Waals surface area contributed by atoms with E-state index in [1.807, 2.05) is 32.9 Å². The molecular weight excluding hydrogens is 773 g/mol. The second-order valence-corrected chi connectivity index (χ2v) is 18.2. The van der Waals surface area contributed by atoms with Crippen molar-refractivity contribution in [2.45, 2.75) is 173 Å². The molecule has 3 N–H and O–H groups in total. The van der Waals surface area contributed by atoms with E-state index in [1.54, 1.807) is 21.0 Å². The summed E-state index contributed by atoms with van der Waals surface area (Å²) in [4.78, 5) is 44.2. The van der Waals surface area contributed by atoms with Gasteiger partial charge in [-0.1, -0.05) is 45.4 Å². The predicted molar refractivity (Wildman–Crippen MR) is 227 cm³/mol. The number of carbonyl (C=O) groups is 3. The van der Waals surface area contributed by atoms with Crippen molar-refractivity contribution < 1.29 is 58.1 Å². The Kier molecular flexibility index (Phi) is 19.4. The van der Waals surface area contributed by atoms with Crippen molar-refractivity contribution in [2.75, 3.05) is 41.1 Å². The summed E-state index contributed by atoms with van der Waals surface area (Å²) in [6, 6.07) is -1.13. The molecule has 1 amide bonds. The molecule has 3 fully saturated rings. The third-order valence-electron chi connectivity index (χ3n) is 13.4. The average molecular weight is 848 g/mol. The molecule has 14 nitrogen and oxygen atoms in total. The van der Waals surface area contributed by atoms with Crippen LogP contribution >= 0.6 is 0 Å². The molecule has 14 heteroatoms. The van der Waals surface area contributed by atoms with Crippen LogP contribution in [0, 0.1) is 29.6 Å². The lowest BCUT2D eigenvalue weighted by molar-refractivity contribution is -0.302. The molecule has 2 bridgehead atoms. The number of carbonyl (C=O) groups excluding carboxylic acids is 3. The Morgan fingerprint density at radius 3 is 2.28 bits per heavy atom. The molecule has 0 unspecified atom stereocenters. The molecule has 1 aliphatic carbocycles. The Hall–Kier alpha value is -2.56. The number of piperidine rings is 1. The minimum atomic E-state index is -2.51. The van der Waals surface area contributed by atoms with Gasteiger partial charge in [-0.3, -0.25) is 9.59 Å². The van der Waals surface area contributed by atoms with Crippen LogP contribution in [0.25, 0.3) is 5.41 Å². The zero-order valence-electron chi connectivity index (χ0n) is 37.7. The van der Waals surface area contributed by atoms with E-state index in [1.165, 1.54) is 19.1 Å². The molecule has 0 radical (unpaired) electrons. The van der Waals surface area contributed by atoms with Crippen LogP contribution in [0.15, 0.2) is 23.3 Å². The molecule has 0 spiro atoms. The van der Waals surface area contributed by atoms with Gasteiger partial charge in [-0.05, 0) is 114 Å². The highest BCUT2D eigenvalue weighted by Gasteiger charge is 2.56. The minimum absolute atomic E-state index is 0.00245. The number of amides is 1. The number of allylic oxidation sites excluding steroid dienone is 3. The number of cyclic esters (lactones) is 1. The molecule has 1 saturated carbocycles. The summed E-state index contributed by atoms with van der Waals surface area (Å²) in [5, 5.41) is 46.2. The van der Waals surface area contributed by atoms with E-state index in [4.69, 9.17) is 28.4 Å². The Labute approximate surface area is 358 Å². The van der Waals surface area contributed by atoms with E-state index >= 15 is 0 Å². The topological polar surface area (TPSA) is 193 Å². The molecule has 60 heavy (non-hydrogen) atoms. The minimum Gasteiger partial charge on any atom is -0.811 e. The van der Waals surface area contributed by atoms with Crippen molar-refractivity contribution in [1.29, 1.82) is 0 Å². The van der Waals surface area contributed by atoms with Crippen LogP contribution in [0.5, 0.6) is 0 Å². The van der Waals surface area contributed by atoms with Gasteiger partial charge in [-0.15, -0.1) is 0 Å². The molecule has 3 aliphatic heterocycles. The average Bonchev–Trinajstić information content (AvgIpc) is 3.23. The second kappa shape index (κ2) is 23.2. The molecule has 342 valence electrons. The van der Waals surface area contributed by atoms with Crippen molar-refractivity contribution in [2.24, 2.45) is 29.6 Å². The van der Waals surface area contributed by atoms with Crippen molar-refractivity contribution in [3.8, 4) is 0 Å². The first-order chi connectivity index (χ1) is 28.5. The molecule has 0 aromatic heterocycles. The highest BCUT2D eigenvalue weighted by atomic mass is 16.7. The Balaban J connectivity index is 1.78. The normalized spacial score (nSPS) is 39.6. The summed E-state index contributed by atoms with van der Waals surface area (Å²) in [7, 11) is 4.65. The van der Waals surface area contributed by atoms with E-state index in [9.17, 15) is 35.1 Å². The molecule has 3 heterocycles. The third kappa shape index (κ3) is 12.5. The zero-order valence-corrected chi connectivity index (χ0v) is 37.7. The third-order valence-corrected chi connectivity index (χ3v) is 13.4. The van der Waals surface area contributed by atoms with Gasteiger partial charge in [-0.2, -0.15) is 5.71 Å². The number of Topliss-reactive ketones (excluding diaryl/α,β-unsaturated/α-hetero) is 1. The molecule has 0 aromatic rings. The Morgan fingerprint density at radius 1 is 0.933 bits per heavy atom. The maximum absolute atomic E-state index is 14.4. The van der Waals surface area contributed by atoms with E-state index in [2.05, 4.69) is 6.92 Å². The lowest BCUT2D eigenvalue weighted by Crippen LogP contribution is -2.64. The maximum Gasteiger partial charge on any atom is 0.329 e. The quantitative estimate of drug-likeness (QED) is 0.111. The van der Waals surface area contributed by atoms with Crippen molar-refractivity contribution in [3.63, 3.8) is 0 Å². The number of ketones is 1. The molecule has 14 atom stereocenters. The fourth-order valence-electron chi connectivity index (χ4n) is 9.76. The monoisotopic (exact) mass is 848 g/mol. The largest absolute Gasteiger partial charge is 0.811 e. The fourth-order valence-corrected chi connectivity index (χ4v) is 9.76. The number of rotatable bonds is 10. The first-order valence-electron chi connectivity index (χ1n) is 22.4. The van der Waals surface area contributed by atoms with Crippen LogP contribution < -0.4 is 0 Å². The number of esters is 1. The van der Waals surface area contributed by atoms with Crippen molar-refractivity contribution >= 4 is 23.4 Å². The van der Waals surface area contributed by atoms with Gasteiger partial charge in [0.05, 0.1) is 30.5 Å². The number of fused-ring (bicyclic) bond motifs is 3. The number of aliphatic hydroxyl groups is 3. The lowest BCUT2D eigenvalue weighted by Gasteiger charge is -2.47. The standard InChI is InChI=1S/C46H75N2O12/c1-10-18-58-19-16-33-21-27(2)20-28(3)22-39(56-8)42-40(57-9)24-30(5)46(54,60-42)43(51)44(52)48-17-12-11-13-35(48)45(53)59-41(31(6)37(50)26-34(33)47)29(4)23-32-14-15-36(49)38(25-32)55-7/h21,23,28,30-33,35-42,49-50,54H,10-20,22,24-26H2,1-9H3/q-1/b27-21+,29-23+/t28-,30+,31+,32-,33+,35-,36+,37-,38+,39-,40-,41+,42+,46+/m0/s1. The Morgan fingerprint density at radius 2 is 1.62 bits per heavy atom. The first-order valence-corrected chi connectivity index (χ1v) is 22.4. The van der Waals surface area contributed by atoms with Crippen LogP contribution in [-0.2, 0) is 42.8 Å². The zero-order chi connectivity index (χ0) is 44.3. The van der Waals surface area contributed by atoms with Crippen LogP contribution in [0.4, 0.5) is 0 Å². The summed E-state index contributed by atoms with van der Waals surface area (Å²) in [5.74, 6) is -7.38. The highest BCUT2D eigenvalue weighted by Crippen LogP contribution is 2.39. The smallest absolute Gasteiger partial charge is 0.329 e. The molecule has 2 saturated heterocycles. The van der Waals surface area contributed by atoms with Crippen LogP contribution in [-0.4, -0.2) is 139 Å². The van der Waals surface area contributed by atoms with Gasteiger partial charge < -0.3 is 54.0 Å². The summed E-state index contributed by atoms with van der Waals surface area (Å²) >= 11 is 0. The summed E-state index contributed by atoms with van der Waals surface area (Å²) in [5.41, 5.74) is 1.77. The first kappa shape index (κ1) is 50.1. The maximum atomic E-state index is 14.4. The molecular formula is C46H75N2O12-. The van der Waals surface area contributed by atoms with Crippen LogP contribution in [0.2, 0.25) is 0 Å². The number of aliphatic hydroxyl groups excluding tert-OH is 2. The Bertz CT molecular complexity index is 1500. The summed E-state index contributed by atoms with van der Waals surface area (Å²) < 4.78 is 35.8. The SMILES string of the molecule is CCCOCC[C@@H]1/C=C(\C)C[C@H](C)C[C@H](OC)[C@H]2O[C@@](O)(C(=O)C(=O)N3CCCC[C@H]3C(=O)O[C@H](/C(C)=C/[C@@H]3CC[C@@H](O)[C@H](OC)C3)[C@H](C)[C@@H](O)CC1=[N-])[C@H](C)C[C@@H]2OC. The number of nitrogens with zero attached hydrogens (tertiary/aromatic N) is 2. The lowest BCUT2D eigenvalue weighted by atomic mass is 9.81. The van der Waals surface area contributed by atoms with Gasteiger partial charge in [0.25, 0.3) is 11.7 Å². The summed E-state index contributed by atoms with van der Waals surface area (Å²) in [6.07, 6.45) is 4.64. The fraction of sp³-hybridized carbons (Fsp3) is 0.826. The number of methoxy groups -OCH3 is 3. The van der Waals surface area contributed by atoms with Crippen molar-refractivity contribution in [3.05, 3.63) is 28.7 Å². The van der Waals surface area contributed by atoms with Gasteiger partial charge in [0, 0.05) is 52.9 Å². The number of ether oxygens (including phenoxy) is 6.